The minimum Gasteiger partial charge on any atom is -0.394 e. The van der Waals surface area contributed by atoms with Crippen molar-refractivity contribution >= 4 is 0 Å². The van der Waals surface area contributed by atoms with E-state index in [0.29, 0.717) is 12.8 Å². The van der Waals surface area contributed by atoms with Gasteiger partial charge in [0.15, 0.2) is 0 Å². The van der Waals surface area contributed by atoms with E-state index < -0.39 is 12.2 Å². The molecule has 2 saturated heterocycles. The second-order valence-corrected chi connectivity index (χ2v) is 4.94. The molecular formula is C12H24O6. The predicted octanol–water partition coefficient (Wildman–Crippen LogP) is -0.966. The van der Waals surface area contributed by atoms with Crippen LogP contribution >= 0.6 is 0 Å². The first-order valence-electron chi connectivity index (χ1n) is 6.36. The minimum absolute atomic E-state index is 0.0779. The molecule has 0 aliphatic carbocycles. The minimum atomic E-state index is -0.468. The zero-order valence-corrected chi connectivity index (χ0v) is 10.9. The van der Waals surface area contributed by atoms with Crippen LogP contribution in [0.4, 0.5) is 0 Å². The lowest BCUT2D eigenvalue weighted by Crippen LogP contribution is -2.24. The number of hydrogen-bond donors (Lipinski definition) is 4. The molecule has 0 amide bonds. The third-order valence-electron chi connectivity index (χ3n) is 3.18. The number of aliphatic hydroxyl groups excluding tert-OH is 4. The fraction of sp³-hybridized carbons (Fsp3) is 1.00. The molecule has 4 N–H and O–H groups in total. The highest BCUT2D eigenvalue weighted by Gasteiger charge is 2.30. The lowest BCUT2D eigenvalue weighted by Gasteiger charge is -2.08. The van der Waals surface area contributed by atoms with E-state index >= 15 is 0 Å². The van der Waals surface area contributed by atoms with Gasteiger partial charge in [0, 0.05) is 12.8 Å². The Morgan fingerprint density at radius 2 is 1.17 bits per heavy atom. The van der Waals surface area contributed by atoms with E-state index in [1.165, 1.54) is 0 Å². The summed E-state index contributed by atoms with van der Waals surface area (Å²) in [6.07, 6.45) is -0.152. The Balaban J connectivity index is 0.000000180. The van der Waals surface area contributed by atoms with Gasteiger partial charge < -0.3 is 29.9 Å². The van der Waals surface area contributed by atoms with Crippen LogP contribution in [0.3, 0.4) is 0 Å². The third-order valence-corrected chi connectivity index (χ3v) is 3.18. The fourth-order valence-corrected chi connectivity index (χ4v) is 2.20. The van der Waals surface area contributed by atoms with Gasteiger partial charge in [0.05, 0.1) is 37.6 Å². The molecule has 2 aliphatic rings. The maximum atomic E-state index is 9.07. The summed E-state index contributed by atoms with van der Waals surface area (Å²) in [7, 11) is 0. The molecule has 0 aromatic rings. The summed E-state index contributed by atoms with van der Waals surface area (Å²) in [6.45, 7) is 3.62. The zero-order chi connectivity index (χ0) is 13.7. The number of rotatable bonds is 2. The highest BCUT2D eigenvalue weighted by atomic mass is 16.5. The summed E-state index contributed by atoms with van der Waals surface area (Å²) in [6, 6.07) is 0. The van der Waals surface area contributed by atoms with E-state index in [-0.39, 0.29) is 37.6 Å². The monoisotopic (exact) mass is 264 g/mol. The molecule has 2 rings (SSSR count). The fourth-order valence-electron chi connectivity index (χ4n) is 2.20. The lowest BCUT2D eigenvalue weighted by molar-refractivity contribution is -0.0170. The average molecular weight is 264 g/mol. The maximum absolute atomic E-state index is 9.07. The molecule has 0 aromatic carbocycles. The molecule has 0 spiro atoms. The van der Waals surface area contributed by atoms with Crippen LogP contribution in [0.25, 0.3) is 0 Å². The molecule has 0 aromatic heterocycles. The zero-order valence-electron chi connectivity index (χ0n) is 10.9. The predicted molar refractivity (Wildman–Crippen MR) is 64.1 cm³/mol. The molecule has 108 valence electrons. The van der Waals surface area contributed by atoms with E-state index in [9.17, 15) is 0 Å². The van der Waals surface area contributed by atoms with Gasteiger partial charge in [-0.05, 0) is 13.8 Å². The first-order valence-corrected chi connectivity index (χ1v) is 6.36. The van der Waals surface area contributed by atoms with Crippen molar-refractivity contribution in [2.45, 2.75) is 63.3 Å². The Bertz CT molecular complexity index is 213. The second-order valence-electron chi connectivity index (χ2n) is 4.94. The van der Waals surface area contributed by atoms with Gasteiger partial charge in [-0.1, -0.05) is 0 Å². The second kappa shape index (κ2) is 7.37. The normalized spacial score (nSPS) is 43.7. The van der Waals surface area contributed by atoms with Crippen molar-refractivity contribution in [3.63, 3.8) is 0 Å². The van der Waals surface area contributed by atoms with E-state index in [1.54, 1.807) is 0 Å². The van der Waals surface area contributed by atoms with Crippen LogP contribution in [0.1, 0.15) is 26.7 Å². The van der Waals surface area contributed by atoms with Gasteiger partial charge in [-0.15, -0.1) is 0 Å². The third kappa shape index (κ3) is 4.46. The Hall–Kier alpha value is -0.240. The summed E-state index contributed by atoms with van der Waals surface area (Å²) in [4.78, 5) is 0. The van der Waals surface area contributed by atoms with Crippen molar-refractivity contribution in [2.75, 3.05) is 13.2 Å². The Morgan fingerprint density at radius 3 is 1.28 bits per heavy atom. The molecule has 2 aliphatic heterocycles. The maximum Gasteiger partial charge on any atom is 0.107 e. The molecule has 2 fully saturated rings. The summed E-state index contributed by atoms with van der Waals surface area (Å²) in [5.41, 5.74) is 0. The number of ether oxygens (including phenoxy) is 2. The van der Waals surface area contributed by atoms with Gasteiger partial charge >= 0.3 is 0 Å². The quantitative estimate of drug-likeness (QED) is 0.512. The van der Waals surface area contributed by atoms with Crippen molar-refractivity contribution < 1.29 is 29.9 Å². The Morgan fingerprint density at radius 1 is 0.833 bits per heavy atom. The highest BCUT2D eigenvalue weighted by Crippen LogP contribution is 2.19. The van der Waals surface area contributed by atoms with Gasteiger partial charge in [-0.25, -0.2) is 0 Å². The van der Waals surface area contributed by atoms with Crippen LogP contribution in [0.5, 0.6) is 0 Å². The van der Waals surface area contributed by atoms with Gasteiger partial charge in [-0.3, -0.25) is 0 Å². The molecule has 0 radical (unpaired) electrons. The molecule has 0 bridgehead atoms. The number of aliphatic hydroxyl groups is 4. The van der Waals surface area contributed by atoms with Crippen LogP contribution in [-0.2, 0) is 9.47 Å². The Kier molecular flexibility index (Phi) is 6.48. The largest absolute Gasteiger partial charge is 0.394 e. The van der Waals surface area contributed by atoms with Crippen LogP contribution in [0.15, 0.2) is 0 Å². The van der Waals surface area contributed by atoms with Crippen LogP contribution in [0, 0.1) is 0 Å². The topological polar surface area (TPSA) is 99.4 Å². The van der Waals surface area contributed by atoms with Crippen molar-refractivity contribution in [2.24, 2.45) is 0 Å². The van der Waals surface area contributed by atoms with Crippen LogP contribution in [-0.4, -0.2) is 70.3 Å². The first-order chi connectivity index (χ1) is 8.47. The highest BCUT2D eigenvalue weighted by molar-refractivity contribution is 4.79. The van der Waals surface area contributed by atoms with E-state index in [0.717, 1.165) is 0 Å². The molecule has 0 unspecified atom stereocenters. The summed E-state index contributed by atoms with van der Waals surface area (Å²) in [5.74, 6) is 0. The van der Waals surface area contributed by atoms with Crippen molar-refractivity contribution in [3.8, 4) is 0 Å². The Labute approximate surface area is 107 Å². The van der Waals surface area contributed by atoms with E-state index in [2.05, 4.69) is 0 Å². The van der Waals surface area contributed by atoms with Crippen LogP contribution < -0.4 is 0 Å². The summed E-state index contributed by atoms with van der Waals surface area (Å²) >= 11 is 0. The van der Waals surface area contributed by atoms with E-state index in [1.807, 2.05) is 13.8 Å². The van der Waals surface area contributed by atoms with Gasteiger partial charge in [0.25, 0.3) is 0 Å². The summed E-state index contributed by atoms with van der Waals surface area (Å²) in [5, 5.41) is 35.3. The first kappa shape index (κ1) is 15.8. The van der Waals surface area contributed by atoms with Gasteiger partial charge in [-0.2, -0.15) is 0 Å². The SMILES string of the molecule is C[C@H]1C[C@@H](O)[C@@H](CO)O1.C[C@H]1C[C@@H](O)[C@@H](CO)O1. The molecule has 2 heterocycles. The molecule has 6 heteroatoms. The van der Waals surface area contributed by atoms with Gasteiger partial charge in [0.2, 0.25) is 0 Å². The van der Waals surface area contributed by atoms with Crippen molar-refractivity contribution in [3.05, 3.63) is 0 Å². The van der Waals surface area contributed by atoms with Crippen molar-refractivity contribution in [1.82, 2.24) is 0 Å². The van der Waals surface area contributed by atoms with Gasteiger partial charge in [0.1, 0.15) is 12.2 Å². The summed E-state index contributed by atoms with van der Waals surface area (Å²) < 4.78 is 10.2. The van der Waals surface area contributed by atoms with Crippen LogP contribution in [0.2, 0.25) is 0 Å². The molecule has 0 saturated carbocycles. The van der Waals surface area contributed by atoms with Crippen molar-refractivity contribution in [1.29, 1.82) is 0 Å². The molecular weight excluding hydrogens is 240 g/mol. The average Bonchev–Trinajstić information content (AvgIpc) is 2.81. The lowest BCUT2D eigenvalue weighted by atomic mass is 10.1. The standard InChI is InChI=1S/2C6H12O3/c2*1-4-2-5(8)6(3-7)9-4/h2*4-8H,2-3H2,1H3/t2*4-,5+,6+/m00/s1. The molecule has 6 nitrogen and oxygen atoms in total. The smallest absolute Gasteiger partial charge is 0.107 e. The molecule has 18 heavy (non-hydrogen) atoms. The number of hydrogen-bond acceptors (Lipinski definition) is 6. The molecule has 6 atom stereocenters. The van der Waals surface area contributed by atoms with E-state index in [4.69, 9.17) is 29.9 Å².